The van der Waals surface area contributed by atoms with Crippen molar-refractivity contribution in [1.82, 2.24) is 0 Å². The van der Waals surface area contributed by atoms with Gasteiger partial charge in [-0.1, -0.05) is 42.5 Å². The molecule has 0 aromatic heterocycles. The van der Waals surface area contributed by atoms with E-state index in [1.807, 2.05) is 36.4 Å². The predicted molar refractivity (Wildman–Crippen MR) is 68.2 cm³/mol. The molecule has 0 amide bonds. The summed E-state index contributed by atoms with van der Waals surface area (Å²) in [6.07, 6.45) is 0.787. The SMILES string of the molecule is N#Cc1cccc(C(N)Cc2ccccc2)c1. The lowest BCUT2D eigenvalue weighted by molar-refractivity contribution is 0.722. The molecule has 2 nitrogen and oxygen atoms in total. The van der Waals surface area contributed by atoms with E-state index >= 15 is 0 Å². The van der Waals surface area contributed by atoms with E-state index in [0.29, 0.717) is 5.56 Å². The minimum atomic E-state index is -0.0642. The minimum Gasteiger partial charge on any atom is -0.324 e. The molecule has 2 rings (SSSR count). The maximum atomic E-state index is 8.84. The van der Waals surface area contributed by atoms with Crippen LogP contribution in [-0.2, 0) is 6.42 Å². The largest absolute Gasteiger partial charge is 0.324 e. The lowest BCUT2D eigenvalue weighted by Gasteiger charge is -2.12. The summed E-state index contributed by atoms with van der Waals surface area (Å²) in [5.41, 5.74) is 9.02. The van der Waals surface area contributed by atoms with Crippen LogP contribution >= 0.6 is 0 Å². The molecule has 0 aliphatic rings. The molecule has 84 valence electrons. The number of benzene rings is 2. The number of nitrogens with two attached hydrogens (primary N) is 1. The summed E-state index contributed by atoms with van der Waals surface area (Å²) in [5.74, 6) is 0. The molecule has 1 atom stereocenters. The number of hydrogen-bond acceptors (Lipinski definition) is 2. The van der Waals surface area contributed by atoms with E-state index in [4.69, 9.17) is 11.0 Å². The number of nitrogens with zero attached hydrogens (tertiary/aromatic N) is 1. The van der Waals surface area contributed by atoms with Gasteiger partial charge in [0.1, 0.15) is 0 Å². The van der Waals surface area contributed by atoms with Crippen LogP contribution in [0, 0.1) is 11.3 Å². The van der Waals surface area contributed by atoms with Gasteiger partial charge in [0.05, 0.1) is 11.6 Å². The highest BCUT2D eigenvalue weighted by Gasteiger charge is 2.07. The van der Waals surface area contributed by atoms with E-state index in [0.717, 1.165) is 12.0 Å². The summed E-state index contributed by atoms with van der Waals surface area (Å²) in [5, 5.41) is 8.84. The summed E-state index contributed by atoms with van der Waals surface area (Å²) in [6.45, 7) is 0. The maximum absolute atomic E-state index is 8.84. The van der Waals surface area contributed by atoms with E-state index in [-0.39, 0.29) is 6.04 Å². The highest BCUT2D eigenvalue weighted by atomic mass is 14.6. The average Bonchev–Trinajstić information content (AvgIpc) is 2.40. The Kier molecular flexibility index (Phi) is 3.54. The number of hydrogen-bond donors (Lipinski definition) is 1. The maximum Gasteiger partial charge on any atom is 0.0991 e. The Bertz CT molecular complexity index is 526. The van der Waals surface area contributed by atoms with Gasteiger partial charge in [0.25, 0.3) is 0 Å². The Morgan fingerprint density at radius 1 is 1.06 bits per heavy atom. The summed E-state index contributed by atoms with van der Waals surface area (Å²) >= 11 is 0. The van der Waals surface area contributed by atoms with Crippen molar-refractivity contribution in [3.63, 3.8) is 0 Å². The van der Waals surface area contributed by atoms with Crippen LogP contribution in [0.1, 0.15) is 22.7 Å². The van der Waals surface area contributed by atoms with Crippen molar-refractivity contribution in [2.75, 3.05) is 0 Å². The summed E-state index contributed by atoms with van der Waals surface area (Å²) in [6, 6.07) is 19.7. The van der Waals surface area contributed by atoms with Crippen LogP contribution < -0.4 is 5.73 Å². The Morgan fingerprint density at radius 2 is 1.82 bits per heavy atom. The molecular weight excluding hydrogens is 208 g/mol. The number of nitriles is 1. The summed E-state index contributed by atoms with van der Waals surface area (Å²) < 4.78 is 0. The Hall–Kier alpha value is -2.11. The van der Waals surface area contributed by atoms with Gasteiger partial charge in [-0.05, 0) is 29.7 Å². The van der Waals surface area contributed by atoms with Gasteiger partial charge in [-0.25, -0.2) is 0 Å². The molecule has 2 heteroatoms. The molecular formula is C15H14N2. The van der Waals surface area contributed by atoms with E-state index < -0.39 is 0 Å². The zero-order valence-electron chi connectivity index (χ0n) is 9.51. The second kappa shape index (κ2) is 5.29. The van der Waals surface area contributed by atoms with Crippen LogP contribution in [0.4, 0.5) is 0 Å². The second-order valence-electron chi connectivity index (χ2n) is 4.03. The van der Waals surface area contributed by atoms with Crippen LogP contribution in [0.5, 0.6) is 0 Å². The van der Waals surface area contributed by atoms with E-state index in [1.165, 1.54) is 5.56 Å². The molecule has 0 radical (unpaired) electrons. The Labute approximate surface area is 101 Å². The van der Waals surface area contributed by atoms with Crippen molar-refractivity contribution >= 4 is 0 Å². The van der Waals surface area contributed by atoms with Crippen LogP contribution in [0.3, 0.4) is 0 Å². The van der Waals surface area contributed by atoms with Crippen molar-refractivity contribution in [3.8, 4) is 6.07 Å². The summed E-state index contributed by atoms with van der Waals surface area (Å²) in [7, 11) is 0. The first-order chi connectivity index (χ1) is 8.29. The van der Waals surface area contributed by atoms with Crippen molar-refractivity contribution in [3.05, 3.63) is 71.3 Å². The first-order valence-corrected chi connectivity index (χ1v) is 5.59. The molecule has 0 aliphatic carbocycles. The van der Waals surface area contributed by atoms with Gasteiger partial charge in [0.2, 0.25) is 0 Å². The van der Waals surface area contributed by atoms with E-state index in [2.05, 4.69) is 18.2 Å². The smallest absolute Gasteiger partial charge is 0.0991 e. The van der Waals surface area contributed by atoms with Crippen molar-refractivity contribution in [2.24, 2.45) is 5.73 Å². The molecule has 0 saturated heterocycles. The van der Waals surface area contributed by atoms with Gasteiger partial charge in [0, 0.05) is 6.04 Å². The Morgan fingerprint density at radius 3 is 2.53 bits per heavy atom. The zero-order chi connectivity index (χ0) is 12.1. The third-order valence-electron chi connectivity index (χ3n) is 2.74. The monoisotopic (exact) mass is 222 g/mol. The fraction of sp³-hybridized carbons (Fsp3) is 0.133. The molecule has 1 unspecified atom stereocenters. The fourth-order valence-electron chi connectivity index (χ4n) is 1.82. The minimum absolute atomic E-state index is 0.0642. The zero-order valence-corrected chi connectivity index (χ0v) is 9.51. The van der Waals surface area contributed by atoms with Crippen LogP contribution in [-0.4, -0.2) is 0 Å². The van der Waals surface area contributed by atoms with E-state index in [9.17, 15) is 0 Å². The quantitative estimate of drug-likeness (QED) is 0.868. The average molecular weight is 222 g/mol. The molecule has 0 aliphatic heterocycles. The van der Waals surface area contributed by atoms with Crippen molar-refractivity contribution < 1.29 is 0 Å². The third kappa shape index (κ3) is 2.93. The van der Waals surface area contributed by atoms with Gasteiger partial charge < -0.3 is 5.73 Å². The normalized spacial score (nSPS) is 11.8. The first kappa shape index (κ1) is 11.4. The topological polar surface area (TPSA) is 49.8 Å². The van der Waals surface area contributed by atoms with E-state index in [1.54, 1.807) is 6.07 Å². The fourth-order valence-corrected chi connectivity index (χ4v) is 1.82. The van der Waals surface area contributed by atoms with Crippen LogP contribution in [0.25, 0.3) is 0 Å². The molecule has 0 fully saturated rings. The lowest BCUT2D eigenvalue weighted by Crippen LogP contribution is -2.13. The second-order valence-corrected chi connectivity index (χ2v) is 4.03. The highest BCUT2D eigenvalue weighted by Crippen LogP contribution is 2.16. The third-order valence-corrected chi connectivity index (χ3v) is 2.74. The van der Waals surface area contributed by atoms with Crippen molar-refractivity contribution in [2.45, 2.75) is 12.5 Å². The Balaban J connectivity index is 2.15. The van der Waals surface area contributed by atoms with Gasteiger partial charge >= 0.3 is 0 Å². The van der Waals surface area contributed by atoms with Gasteiger partial charge in [-0.3, -0.25) is 0 Å². The molecule has 2 N–H and O–H groups in total. The number of rotatable bonds is 3. The molecule has 2 aromatic carbocycles. The highest BCUT2D eigenvalue weighted by molar-refractivity contribution is 5.34. The van der Waals surface area contributed by atoms with Crippen molar-refractivity contribution in [1.29, 1.82) is 5.26 Å². The standard InChI is InChI=1S/C15H14N2/c16-11-13-7-4-8-14(9-13)15(17)10-12-5-2-1-3-6-12/h1-9,15H,10,17H2. The molecule has 0 heterocycles. The van der Waals surface area contributed by atoms with Gasteiger partial charge in [-0.2, -0.15) is 5.26 Å². The molecule has 2 aromatic rings. The molecule has 0 spiro atoms. The summed E-state index contributed by atoms with van der Waals surface area (Å²) in [4.78, 5) is 0. The lowest BCUT2D eigenvalue weighted by atomic mass is 9.98. The van der Waals surface area contributed by atoms with Crippen LogP contribution in [0.15, 0.2) is 54.6 Å². The molecule has 0 bridgehead atoms. The molecule has 17 heavy (non-hydrogen) atoms. The van der Waals surface area contributed by atoms with Crippen LogP contribution in [0.2, 0.25) is 0 Å². The molecule has 0 saturated carbocycles. The van der Waals surface area contributed by atoms with Gasteiger partial charge in [-0.15, -0.1) is 0 Å². The van der Waals surface area contributed by atoms with Gasteiger partial charge in [0.15, 0.2) is 0 Å². The first-order valence-electron chi connectivity index (χ1n) is 5.59. The predicted octanol–water partition coefficient (Wildman–Crippen LogP) is 2.80.